The van der Waals surface area contributed by atoms with Crippen LogP contribution in [0.3, 0.4) is 0 Å². The van der Waals surface area contributed by atoms with Crippen LogP contribution in [0.1, 0.15) is 29.4 Å². The highest BCUT2D eigenvalue weighted by Gasteiger charge is 2.11. The van der Waals surface area contributed by atoms with E-state index < -0.39 is 0 Å². The smallest absolute Gasteiger partial charge is 0.255 e. The van der Waals surface area contributed by atoms with E-state index in [1.807, 2.05) is 6.92 Å². The van der Waals surface area contributed by atoms with Crippen LogP contribution < -0.4 is 15.8 Å². The Morgan fingerprint density at radius 3 is 2.83 bits per heavy atom. The molecule has 5 nitrogen and oxygen atoms in total. The van der Waals surface area contributed by atoms with Gasteiger partial charge in [0, 0.05) is 23.3 Å². The molecule has 124 valence electrons. The highest BCUT2D eigenvalue weighted by molar-refractivity contribution is 6.31. The van der Waals surface area contributed by atoms with Gasteiger partial charge in [-0.15, -0.1) is 12.4 Å². The van der Waals surface area contributed by atoms with Crippen LogP contribution in [0.4, 0.5) is 5.69 Å². The average Bonchev–Trinajstić information content (AvgIpc) is 2.54. The molecule has 0 saturated heterocycles. The molecule has 7 heteroatoms. The first-order chi connectivity index (χ1) is 10.6. The minimum atomic E-state index is -0.263. The number of rotatable bonds is 6. The second-order valence-corrected chi connectivity index (χ2v) is 5.12. The monoisotopic (exact) mass is 355 g/mol. The second kappa shape index (κ2) is 9.35. The van der Waals surface area contributed by atoms with Gasteiger partial charge >= 0.3 is 0 Å². The molecule has 0 aliphatic heterocycles. The average molecular weight is 356 g/mol. The van der Waals surface area contributed by atoms with Gasteiger partial charge in [0.05, 0.1) is 18.0 Å². The quantitative estimate of drug-likeness (QED) is 0.828. The summed E-state index contributed by atoms with van der Waals surface area (Å²) in [5.74, 6) is 0.327. The summed E-state index contributed by atoms with van der Waals surface area (Å²) in [6, 6.07) is 8.42. The second-order valence-electron chi connectivity index (χ2n) is 4.68. The number of amides is 1. The maximum atomic E-state index is 12.3. The van der Waals surface area contributed by atoms with E-state index in [1.165, 1.54) is 0 Å². The Morgan fingerprint density at radius 2 is 2.13 bits per heavy atom. The third-order valence-electron chi connectivity index (χ3n) is 2.94. The summed E-state index contributed by atoms with van der Waals surface area (Å²) in [6.45, 7) is 2.86. The van der Waals surface area contributed by atoms with Crippen molar-refractivity contribution in [2.75, 3.05) is 11.9 Å². The summed E-state index contributed by atoms with van der Waals surface area (Å²) < 4.78 is 5.62. The van der Waals surface area contributed by atoms with Gasteiger partial charge in [-0.25, -0.2) is 0 Å². The Labute approximate surface area is 146 Å². The van der Waals surface area contributed by atoms with Crippen LogP contribution in [0.2, 0.25) is 5.02 Å². The van der Waals surface area contributed by atoms with Crippen molar-refractivity contribution in [3.63, 3.8) is 0 Å². The number of pyridine rings is 1. The molecular weight excluding hydrogens is 337 g/mol. The Morgan fingerprint density at radius 1 is 1.35 bits per heavy atom. The molecule has 3 N–H and O–H groups in total. The number of nitrogens with two attached hydrogens (primary N) is 1. The Hall–Kier alpha value is -1.82. The molecule has 2 rings (SSSR count). The molecule has 23 heavy (non-hydrogen) atoms. The summed E-state index contributed by atoms with van der Waals surface area (Å²) in [5.41, 5.74) is 7.21. The van der Waals surface area contributed by atoms with E-state index in [4.69, 9.17) is 22.1 Å². The molecule has 0 saturated carbocycles. The van der Waals surface area contributed by atoms with E-state index in [-0.39, 0.29) is 24.9 Å². The fourth-order valence-electron chi connectivity index (χ4n) is 1.86. The molecule has 1 aromatic carbocycles. The highest BCUT2D eigenvalue weighted by Crippen LogP contribution is 2.28. The van der Waals surface area contributed by atoms with Crippen LogP contribution in [0, 0.1) is 0 Å². The van der Waals surface area contributed by atoms with Gasteiger partial charge in [0.2, 0.25) is 0 Å². The highest BCUT2D eigenvalue weighted by atomic mass is 35.5. The molecule has 1 heterocycles. The van der Waals surface area contributed by atoms with Crippen molar-refractivity contribution >= 4 is 35.6 Å². The first-order valence-corrected chi connectivity index (χ1v) is 7.40. The molecule has 0 atom stereocenters. The number of hydrogen-bond donors (Lipinski definition) is 2. The number of carbonyl (C=O) groups is 1. The summed E-state index contributed by atoms with van der Waals surface area (Å²) in [6.07, 6.45) is 2.43. The number of hydrogen-bond acceptors (Lipinski definition) is 4. The zero-order chi connectivity index (χ0) is 15.9. The first kappa shape index (κ1) is 19.2. The predicted octanol–water partition coefficient (Wildman–Crippen LogP) is 3.66. The number of halogens is 2. The fraction of sp³-hybridized carbons (Fsp3) is 0.250. The van der Waals surface area contributed by atoms with Crippen molar-refractivity contribution in [1.29, 1.82) is 0 Å². The maximum Gasteiger partial charge on any atom is 0.255 e. The van der Waals surface area contributed by atoms with E-state index >= 15 is 0 Å². The van der Waals surface area contributed by atoms with Crippen molar-refractivity contribution in [3.8, 4) is 5.75 Å². The standard InChI is InChI=1S/C16H18ClN3O2.ClH/c1-2-7-22-15-4-3-12(17)9-14(15)20-16(21)11-5-6-19-13(8-11)10-18;/h3-6,8-9H,2,7,10,18H2,1H3,(H,20,21);1H. The van der Waals surface area contributed by atoms with E-state index in [0.717, 1.165) is 6.42 Å². The van der Waals surface area contributed by atoms with Gasteiger partial charge in [-0.1, -0.05) is 18.5 Å². The molecule has 0 fully saturated rings. The lowest BCUT2D eigenvalue weighted by atomic mass is 10.2. The van der Waals surface area contributed by atoms with Crippen molar-refractivity contribution < 1.29 is 9.53 Å². The van der Waals surface area contributed by atoms with E-state index in [2.05, 4.69) is 10.3 Å². The number of ether oxygens (including phenoxy) is 1. The van der Waals surface area contributed by atoms with Crippen LogP contribution in [0.15, 0.2) is 36.5 Å². The Bertz CT molecular complexity index is 666. The number of carbonyl (C=O) groups excluding carboxylic acids is 1. The minimum Gasteiger partial charge on any atom is -0.491 e. The Kier molecular flexibility index (Phi) is 7.81. The summed E-state index contributed by atoms with van der Waals surface area (Å²) in [5, 5.41) is 3.34. The molecule has 0 spiro atoms. The fourth-order valence-corrected chi connectivity index (χ4v) is 2.04. The van der Waals surface area contributed by atoms with Crippen molar-refractivity contribution in [2.24, 2.45) is 5.73 Å². The third-order valence-corrected chi connectivity index (χ3v) is 3.17. The SMILES string of the molecule is CCCOc1ccc(Cl)cc1NC(=O)c1ccnc(CN)c1.Cl. The van der Waals surface area contributed by atoms with E-state index in [0.29, 0.717) is 34.3 Å². The molecule has 0 bridgehead atoms. The molecule has 0 unspecified atom stereocenters. The molecule has 0 radical (unpaired) electrons. The van der Waals surface area contributed by atoms with Gasteiger partial charge in [0.15, 0.2) is 0 Å². The van der Waals surface area contributed by atoms with Crippen LogP contribution in [-0.2, 0) is 6.54 Å². The Balaban J connectivity index is 0.00000264. The van der Waals surface area contributed by atoms with Gasteiger partial charge < -0.3 is 15.8 Å². The summed E-state index contributed by atoms with van der Waals surface area (Å²) in [4.78, 5) is 16.4. The van der Waals surface area contributed by atoms with Gasteiger partial charge in [-0.2, -0.15) is 0 Å². The normalized spacial score (nSPS) is 9.87. The lowest BCUT2D eigenvalue weighted by molar-refractivity contribution is 0.102. The van der Waals surface area contributed by atoms with Gasteiger partial charge in [-0.3, -0.25) is 9.78 Å². The number of anilines is 1. The summed E-state index contributed by atoms with van der Waals surface area (Å²) >= 11 is 5.99. The number of aromatic nitrogens is 1. The molecule has 1 amide bonds. The van der Waals surface area contributed by atoms with Crippen molar-refractivity contribution in [2.45, 2.75) is 19.9 Å². The third kappa shape index (κ3) is 5.39. The van der Waals surface area contributed by atoms with Crippen LogP contribution in [0.5, 0.6) is 5.75 Å². The minimum absolute atomic E-state index is 0. The molecule has 0 aliphatic carbocycles. The van der Waals surface area contributed by atoms with Crippen molar-refractivity contribution in [3.05, 3.63) is 52.8 Å². The largest absolute Gasteiger partial charge is 0.491 e. The molecule has 0 aliphatic rings. The van der Waals surface area contributed by atoms with Gasteiger partial charge in [0.1, 0.15) is 5.75 Å². The lowest BCUT2D eigenvalue weighted by Gasteiger charge is -2.12. The summed E-state index contributed by atoms with van der Waals surface area (Å²) in [7, 11) is 0. The van der Waals surface area contributed by atoms with Crippen LogP contribution >= 0.6 is 24.0 Å². The maximum absolute atomic E-state index is 12.3. The van der Waals surface area contributed by atoms with Gasteiger partial charge in [-0.05, 0) is 36.8 Å². The molecule has 2 aromatic rings. The van der Waals surface area contributed by atoms with E-state index in [1.54, 1.807) is 36.5 Å². The van der Waals surface area contributed by atoms with Gasteiger partial charge in [0.25, 0.3) is 5.91 Å². The number of nitrogens with zero attached hydrogens (tertiary/aromatic N) is 1. The van der Waals surface area contributed by atoms with Crippen molar-refractivity contribution in [1.82, 2.24) is 4.98 Å². The molecular formula is C16H19Cl2N3O2. The topological polar surface area (TPSA) is 77.2 Å². The number of benzene rings is 1. The zero-order valence-electron chi connectivity index (χ0n) is 12.7. The molecule has 1 aromatic heterocycles. The number of nitrogens with one attached hydrogen (secondary N) is 1. The predicted molar refractivity (Wildman–Crippen MR) is 94.6 cm³/mol. The van der Waals surface area contributed by atoms with Crippen LogP contribution in [-0.4, -0.2) is 17.5 Å². The first-order valence-electron chi connectivity index (χ1n) is 7.02. The zero-order valence-corrected chi connectivity index (χ0v) is 14.3. The van der Waals surface area contributed by atoms with Crippen LogP contribution in [0.25, 0.3) is 0 Å². The lowest BCUT2D eigenvalue weighted by Crippen LogP contribution is -2.14. The van der Waals surface area contributed by atoms with E-state index in [9.17, 15) is 4.79 Å².